The van der Waals surface area contributed by atoms with Crippen LogP contribution in [0.25, 0.3) is 22.6 Å². The van der Waals surface area contributed by atoms with E-state index in [2.05, 4.69) is 36.9 Å². The minimum Gasteiger partial charge on any atom is -0.356 e. The van der Waals surface area contributed by atoms with Gasteiger partial charge in [-0.25, -0.2) is 9.97 Å². The van der Waals surface area contributed by atoms with Gasteiger partial charge < -0.3 is 15.6 Å². The highest BCUT2D eigenvalue weighted by molar-refractivity contribution is 5.70. The lowest BCUT2D eigenvalue weighted by Gasteiger charge is -2.10. The van der Waals surface area contributed by atoms with Crippen LogP contribution in [-0.2, 0) is 0 Å². The molecule has 150 valence electrons. The Bertz CT molecular complexity index is 1280. The second-order valence-corrected chi connectivity index (χ2v) is 6.88. The molecule has 0 radical (unpaired) electrons. The number of anilines is 4. The summed E-state index contributed by atoms with van der Waals surface area (Å²) >= 11 is 0. The Morgan fingerprint density at radius 3 is 2.23 bits per heavy atom. The van der Waals surface area contributed by atoms with Crippen molar-refractivity contribution in [1.82, 2.24) is 25.1 Å². The quantitative estimate of drug-likeness (QED) is 0.350. The average Bonchev–Trinajstić information content (AvgIpc) is 3.36. The number of hydrogen-bond donors (Lipinski definition) is 3. The van der Waals surface area contributed by atoms with Crippen LogP contribution in [0.2, 0.25) is 0 Å². The van der Waals surface area contributed by atoms with Gasteiger partial charge in [0, 0.05) is 34.4 Å². The van der Waals surface area contributed by atoms with E-state index < -0.39 is 0 Å². The maximum absolute atomic E-state index is 4.69. The molecule has 5 rings (SSSR count). The van der Waals surface area contributed by atoms with Gasteiger partial charge in [0.1, 0.15) is 6.33 Å². The lowest BCUT2D eigenvalue weighted by atomic mass is 10.1. The van der Waals surface area contributed by atoms with E-state index in [-0.39, 0.29) is 0 Å². The maximum Gasteiger partial charge on any atom is 0.227 e. The van der Waals surface area contributed by atoms with E-state index in [0.717, 1.165) is 33.9 Å². The number of nitrogens with one attached hydrogen (secondary N) is 3. The molecular weight excluding hydrogens is 386 g/mol. The van der Waals surface area contributed by atoms with Crippen LogP contribution in [0.4, 0.5) is 23.0 Å². The van der Waals surface area contributed by atoms with Crippen molar-refractivity contribution in [1.29, 1.82) is 0 Å². The van der Waals surface area contributed by atoms with E-state index in [1.54, 1.807) is 12.5 Å². The molecule has 0 saturated carbocycles. The van der Waals surface area contributed by atoms with E-state index in [1.807, 2.05) is 78.9 Å². The number of para-hydroxylation sites is 1. The molecule has 0 spiro atoms. The molecule has 3 N–H and O–H groups in total. The highest BCUT2D eigenvalue weighted by Gasteiger charge is 2.06. The number of aromatic amines is 1. The highest BCUT2D eigenvalue weighted by atomic mass is 15.2. The normalized spacial score (nSPS) is 10.6. The summed E-state index contributed by atoms with van der Waals surface area (Å²) in [5.74, 6) is 1.23. The Hall–Kier alpha value is -4.52. The van der Waals surface area contributed by atoms with Crippen LogP contribution in [0.15, 0.2) is 97.5 Å². The monoisotopic (exact) mass is 405 g/mol. The van der Waals surface area contributed by atoms with Gasteiger partial charge in [-0.15, -0.1) is 10.2 Å². The summed E-state index contributed by atoms with van der Waals surface area (Å²) in [5, 5.41) is 14.6. The number of aromatic nitrogens is 5. The third-order valence-corrected chi connectivity index (χ3v) is 4.69. The molecule has 0 amide bonds. The van der Waals surface area contributed by atoms with E-state index in [4.69, 9.17) is 4.98 Å². The van der Waals surface area contributed by atoms with Crippen LogP contribution >= 0.6 is 0 Å². The van der Waals surface area contributed by atoms with Crippen LogP contribution < -0.4 is 10.6 Å². The summed E-state index contributed by atoms with van der Waals surface area (Å²) in [6, 6.07) is 28.0. The molecule has 3 aromatic carbocycles. The fourth-order valence-electron chi connectivity index (χ4n) is 3.24. The molecule has 0 saturated heterocycles. The second kappa shape index (κ2) is 8.46. The number of benzene rings is 3. The Balaban J connectivity index is 1.37. The van der Waals surface area contributed by atoms with Crippen molar-refractivity contribution < 1.29 is 0 Å². The molecule has 0 aliphatic carbocycles. The summed E-state index contributed by atoms with van der Waals surface area (Å²) in [7, 11) is 0. The van der Waals surface area contributed by atoms with Gasteiger partial charge in [-0.3, -0.25) is 0 Å². The van der Waals surface area contributed by atoms with Gasteiger partial charge in [0.15, 0.2) is 5.82 Å². The number of rotatable bonds is 6. The van der Waals surface area contributed by atoms with Gasteiger partial charge in [-0.05, 0) is 42.5 Å². The molecule has 0 aliphatic rings. The minimum absolute atomic E-state index is 0.522. The lowest BCUT2D eigenvalue weighted by molar-refractivity contribution is 1.09. The first-order valence-electron chi connectivity index (χ1n) is 9.82. The number of H-pyrrole nitrogens is 1. The van der Waals surface area contributed by atoms with Crippen LogP contribution in [-0.4, -0.2) is 25.1 Å². The fraction of sp³-hybridized carbons (Fsp3) is 0. The van der Waals surface area contributed by atoms with Gasteiger partial charge in [0.25, 0.3) is 0 Å². The Morgan fingerprint density at radius 2 is 1.42 bits per heavy atom. The molecule has 2 aromatic heterocycles. The smallest absolute Gasteiger partial charge is 0.227 e. The molecule has 2 heterocycles. The zero-order valence-corrected chi connectivity index (χ0v) is 16.5. The molecule has 5 aromatic rings. The maximum atomic E-state index is 4.69. The van der Waals surface area contributed by atoms with Gasteiger partial charge in [-0.2, -0.15) is 0 Å². The van der Waals surface area contributed by atoms with E-state index in [1.165, 1.54) is 0 Å². The van der Waals surface area contributed by atoms with Gasteiger partial charge >= 0.3 is 0 Å². The third-order valence-electron chi connectivity index (χ3n) is 4.69. The summed E-state index contributed by atoms with van der Waals surface area (Å²) in [4.78, 5) is 12.1. The van der Waals surface area contributed by atoms with Gasteiger partial charge in [0.05, 0.1) is 5.69 Å². The zero-order chi connectivity index (χ0) is 20.9. The molecule has 0 unspecified atom stereocenters. The zero-order valence-electron chi connectivity index (χ0n) is 16.5. The molecule has 0 fully saturated rings. The van der Waals surface area contributed by atoms with Crippen molar-refractivity contribution in [2.45, 2.75) is 0 Å². The first-order chi connectivity index (χ1) is 15.3. The number of nitrogens with zero attached hydrogens (tertiary/aromatic N) is 4. The molecule has 7 heteroatoms. The minimum atomic E-state index is 0.522. The van der Waals surface area contributed by atoms with Crippen molar-refractivity contribution in [2.75, 3.05) is 10.6 Å². The van der Waals surface area contributed by atoms with Crippen LogP contribution in [0.1, 0.15) is 0 Å². The molecular formula is C24H19N7. The summed E-state index contributed by atoms with van der Waals surface area (Å²) in [5.41, 5.74) is 5.67. The highest BCUT2D eigenvalue weighted by Crippen LogP contribution is 2.25. The van der Waals surface area contributed by atoms with Crippen LogP contribution in [0.5, 0.6) is 0 Å². The molecule has 0 aliphatic heterocycles. The average molecular weight is 405 g/mol. The molecule has 7 nitrogen and oxygen atoms in total. The largest absolute Gasteiger partial charge is 0.356 e. The van der Waals surface area contributed by atoms with Crippen LogP contribution in [0.3, 0.4) is 0 Å². The van der Waals surface area contributed by atoms with Crippen molar-refractivity contribution in [2.24, 2.45) is 0 Å². The third kappa shape index (κ3) is 4.40. The second-order valence-electron chi connectivity index (χ2n) is 6.88. The summed E-state index contributed by atoms with van der Waals surface area (Å²) in [6.45, 7) is 0. The number of hydrogen-bond acceptors (Lipinski definition) is 6. The first kappa shape index (κ1) is 18.5. The van der Waals surface area contributed by atoms with E-state index in [0.29, 0.717) is 11.8 Å². The predicted octanol–water partition coefficient (Wildman–Crippen LogP) is 5.42. The van der Waals surface area contributed by atoms with E-state index in [9.17, 15) is 0 Å². The van der Waals surface area contributed by atoms with Crippen molar-refractivity contribution in [3.05, 3.63) is 97.5 Å². The van der Waals surface area contributed by atoms with Crippen molar-refractivity contribution in [3.8, 4) is 22.6 Å². The van der Waals surface area contributed by atoms with Gasteiger partial charge in [-0.1, -0.05) is 42.5 Å². The van der Waals surface area contributed by atoms with Crippen molar-refractivity contribution >= 4 is 23.0 Å². The van der Waals surface area contributed by atoms with Crippen molar-refractivity contribution in [3.63, 3.8) is 0 Å². The molecule has 0 atom stereocenters. The predicted molar refractivity (Wildman–Crippen MR) is 122 cm³/mol. The molecule has 0 bridgehead atoms. The van der Waals surface area contributed by atoms with Crippen LogP contribution in [0, 0.1) is 0 Å². The summed E-state index contributed by atoms with van der Waals surface area (Å²) in [6.07, 6.45) is 3.31. The summed E-state index contributed by atoms with van der Waals surface area (Å²) < 4.78 is 0. The molecule has 31 heavy (non-hydrogen) atoms. The Labute approximate surface area is 179 Å². The Kier molecular flexibility index (Phi) is 5.05. The first-order valence-corrected chi connectivity index (χ1v) is 9.82. The SMILES string of the molecule is c1ccc(Nc2cccc(-c3ccnc(Nc4cccc(-c5nnc[nH]5)c4)n3)c2)cc1. The van der Waals surface area contributed by atoms with Gasteiger partial charge in [0.2, 0.25) is 5.95 Å². The topological polar surface area (TPSA) is 91.4 Å². The Morgan fingerprint density at radius 1 is 0.677 bits per heavy atom. The standard InChI is InChI=1S/C24H19N7/c1-2-8-19(9-3-1)28-20-10-4-6-17(14-20)22-12-13-25-24(30-22)29-21-11-5-7-18(15-21)23-26-16-27-31-23/h1-16,28H,(H,25,29,30)(H,26,27,31). The van der Waals surface area contributed by atoms with E-state index >= 15 is 0 Å². The lowest BCUT2D eigenvalue weighted by Crippen LogP contribution is -1.98. The fourth-order valence-corrected chi connectivity index (χ4v) is 3.24.